The maximum absolute atomic E-state index is 13.7. The molecule has 3 aromatic rings. The van der Waals surface area contributed by atoms with E-state index in [2.05, 4.69) is 9.97 Å². The molecular weight excluding hydrogens is 391 g/mol. The molecule has 1 heterocycles. The number of benzene rings is 2. The zero-order chi connectivity index (χ0) is 20.3. The standard InChI is InChI=1S/C19H12F3N3O2S/c1-28-19-24-17(12(8-23)18(26)25-19)11-4-2-3-10(7-11)9-27-14-6-5-13(20)15(21)16(14)22/h2-7H,9H2,1H3,(H,24,25,26). The highest BCUT2D eigenvalue weighted by atomic mass is 32.2. The highest BCUT2D eigenvalue weighted by molar-refractivity contribution is 7.98. The summed E-state index contributed by atoms with van der Waals surface area (Å²) in [5, 5.41) is 9.63. The van der Waals surface area contributed by atoms with Gasteiger partial charge in [0.25, 0.3) is 5.56 Å². The lowest BCUT2D eigenvalue weighted by molar-refractivity contribution is 0.281. The van der Waals surface area contributed by atoms with Gasteiger partial charge in [0.05, 0.1) is 5.69 Å². The minimum absolute atomic E-state index is 0.137. The Morgan fingerprint density at radius 3 is 2.71 bits per heavy atom. The number of nitriles is 1. The molecule has 9 heteroatoms. The molecule has 0 atom stereocenters. The smallest absolute Gasteiger partial charge is 0.270 e. The Morgan fingerprint density at radius 1 is 1.21 bits per heavy atom. The maximum atomic E-state index is 13.7. The zero-order valence-corrected chi connectivity index (χ0v) is 15.2. The first-order valence-electron chi connectivity index (χ1n) is 7.88. The Hall–Kier alpha value is -3.25. The van der Waals surface area contributed by atoms with Crippen LogP contribution in [0, 0.1) is 28.8 Å². The van der Waals surface area contributed by atoms with Crippen molar-refractivity contribution < 1.29 is 17.9 Å². The Kier molecular flexibility index (Phi) is 5.70. The van der Waals surface area contributed by atoms with Gasteiger partial charge in [0.1, 0.15) is 18.2 Å². The fraction of sp³-hybridized carbons (Fsp3) is 0.105. The molecule has 0 radical (unpaired) electrons. The number of ether oxygens (including phenoxy) is 1. The molecule has 0 bridgehead atoms. The first kappa shape index (κ1) is 19.5. The molecule has 0 aliphatic rings. The number of aromatic amines is 1. The van der Waals surface area contributed by atoms with Crippen molar-refractivity contribution in [2.45, 2.75) is 11.8 Å². The van der Waals surface area contributed by atoms with Crippen LogP contribution in [-0.2, 0) is 6.61 Å². The number of hydrogen-bond acceptors (Lipinski definition) is 5. The molecule has 1 N–H and O–H groups in total. The normalized spacial score (nSPS) is 10.5. The van der Waals surface area contributed by atoms with E-state index in [1.807, 2.05) is 6.07 Å². The summed E-state index contributed by atoms with van der Waals surface area (Å²) in [4.78, 5) is 18.8. The topological polar surface area (TPSA) is 78.8 Å². The molecule has 0 fully saturated rings. The van der Waals surface area contributed by atoms with Crippen molar-refractivity contribution >= 4 is 11.8 Å². The number of hydrogen-bond donors (Lipinski definition) is 1. The molecule has 0 aliphatic carbocycles. The van der Waals surface area contributed by atoms with Crippen LogP contribution in [0.15, 0.2) is 46.3 Å². The second-order valence-electron chi connectivity index (χ2n) is 5.57. The van der Waals surface area contributed by atoms with E-state index < -0.39 is 28.8 Å². The molecule has 0 saturated carbocycles. The third-order valence-electron chi connectivity index (χ3n) is 3.80. The Labute approximate surface area is 161 Å². The minimum Gasteiger partial charge on any atom is -0.486 e. The quantitative estimate of drug-likeness (QED) is 0.395. The minimum atomic E-state index is -1.61. The number of nitrogens with zero attached hydrogens (tertiary/aromatic N) is 2. The molecule has 0 unspecified atom stereocenters. The van der Waals surface area contributed by atoms with Crippen LogP contribution in [-0.4, -0.2) is 16.2 Å². The molecule has 0 saturated heterocycles. The van der Waals surface area contributed by atoms with E-state index in [1.165, 1.54) is 11.8 Å². The van der Waals surface area contributed by atoms with Gasteiger partial charge in [-0.1, -0.05) is 30.0 Å². The molecule has 0 amide bonds. The van der Waals surface area contributed by atoms with Crippen molar-refractivity contribution in [3.05, 3.63) is 75.3 Å². The molecule has 0 aliphatic heterocycles. The highest BCUT2D eigenvalue weighted by Crippen LogP contribution is 2.25. The first-order chi connectivity index (χ1) is 13.4. The summed E-state index contributed by atoms with van der Waals surface area (Å²) in [6.07, 6.45) is 1.73. The Balaban J connectivity index is 1.92. The number of thioether (sulfide) groups is 1. The summed E-state index contributed by atoms with van der Waals surface area (Å²) in [5.41, 5.74) is 0.560. The molecule has 0 spiro atoms. The van der Waals surface area contributed by atoms with Gasteiger partial charge < -0.3 is 9.72 Å². The van der Waals surface area contributed by atoms with E-state index in [1.54, 1.807) is 30.5 Å². The summed E-state index contributed by atoms with van der Waals surface area (Å²) in [6, 6.07) is 10.2. The van der Waals surface area contributed by atoms with E-state index in [4.69, 9.17) is 4.74 Å². The van der Waals surface area contributed by atoms with Gasteiger partial charge in [0.2, 0.25) is 5.82 Å². The van der Waals surface area contributed by atoms with Crippen LogP contribution in [0.25, 0.3) is 11.3 Å². The third kappa shape index (κ3) is 3.87. The van der Waals surface area contributed by atoms with E-state index in [-0.39, 0.29) is 17.9 Å². The van der Waals surface area contributed by atoms with Gasteiger partial charge in [-0.25, -0.2) is 13.8 Å². The zero-order valence-electron chi connectivity index (χ0n) is 14.4. The van der Waals surface area contributed by atoms with Crippen molar-refractivity contribution in [1.82, 2.24) is 9.97 Å². The monoisotopic (exact) mass is 403 g/mol. The molecule has 5 nitrogen and oxygen atoms in total. The van der Waals surface area contributed by atoms with Crippen molar-refractivity contribution in [2.75, 3.05) is 6.26 Å². The average molecular weight is 403 g/mol. The molecule has 28 heavy (non-hydrogen) atoms. The molecule has 2 aromatic carbocycles. The molecule has 3 rings (SSSR count). The predicted molar refractivity (Wildman–Crippen MR) is 97.4 cm³/mol. The van der Waals surface area contributed by atoms with Crippen molar-refractivity contribution in [2.24, 2.45) is 0 Å². The van der Waals surface area contributed by atoms with Gasteiger partial charge in [-0.3, -0.25) is 4.79 Å². The number of halogens is 3. The summed E-state index contributed by atoms with van der Waals surface area (Å²) >= 11 is 1.22. The summed E-state index contributed by atoms with van der Waals surface area (Å²) in [7, 11) is 0. The SMILES string of the molecule is CSc1nc(-c2cccc(COc3ccc(F)c(F)c3F)c2)c(C#N)c(=O)[nH]1. The summed E-state index contributed by atoms with van der Waals surface area (Å²) in [5.74, 6) is -4.76. The van der Waals surface area contributed by atoms with Gasteiger partial charge in [-0.15, -0.1) is 0 Å². The van der Waals surface area contributed by atoms with Crippen LogP contribution in [0.5, 0.6) is 5.75 Å². The van der Waals surface area contributed by atoms with Gasteiger partial charge >= 0.3 is 0 Å². The van der Waals surface area contributed by atoms with E-state index >= 15 is 0 Å². The second-order valence-corrected chi connectivity index (χ2v) is 6.37. The molecular formula is C19H12F3N3O2S. The fourth-order valence-electron chi connectivity index (χ4n) is 2.45. The Bertz CT molecular complexity index is 1140. The third-order valence-corrected chi connectivity index (χ3v) is 4.38. The molecule has 142 valence electrons. The van der Waals surface area contributed by atoms with Gasteiger partial charge in [-0.05, 0) is 30.0 Å². The number of H-pyrrole nitrogens is 1. The van der Waals surface area contributed by atoms with Crippen LogP contribution in [0.2, 0.25) is 0 Å². The lowest BCUT2D eigenvalue weighted by Gasteiger charge is -2.10. The van der Waals surface area contributed by atoms with Crippen molar-refractivity contribution in [1.29, 1.82) is 5.26 Å². The van der Waals surface area contributed by atoms with Crippen LogP contribution in [0.3, 0.4) is 0 Å². The Morgan fingerprint density at radius 2 is 2.00 bits per heavy atom. The average Bonchev–Trinajstić information content (AvgIpc) is 2.71. The van der Waals surface area contributed by atoms with E-state index in [9.17, 15) is 23.2 Å². The lowest BCUT2D eigenvalue weighted by Crippen LogP contribution is -2.14. The number of rotatable bonds is 5. The van der Waals surface area contributed by atoms with Crippen molar-refractivity contribution in [3.8, 4) is 23.1 Å². The fourth-order valence-corrected chi connectivity index (χ4v) is 2.83. The van der Waals surface area contributed by atoms with Crippen LogP contribution in [0.4, 0.5) is 13.2 Å². The summed E-state index contributed by atoms with van der Waals surface area (Å²) in [6.45, 7) is -0.143. The first-order valence-corrected chi connectivity index (χ1v) is 9.11. The second kappa shape index (κ2) is 8.19. The van der Waals surface area contributed by atoms with E-state index in [0.29, 0.717) is 16.3 Å². The van der Waals surface area contributed by atoms with Crippen LogP contribution >= 0.6 is 11.8 Å². The number of nitrogens with one attached hydrogen (secondary N) is 1. The summed E-state index contributed by atoms with van der Waals surface area (Å²) < 4.78 is 45.2. The predicted octanol–water partition coefficient (Wildman–Crippen LogP) is 4.03. The maximum Gasteiger partial charge on any atom is 0.270 e. The van der Waals surface area contributed by atoms with Gasteiger partial charge in [-0.2, -0.15) is 9.65 Å². The van der Waals surface area contributed by atoms with Gasteiger partial charge in [0.15, 0.2) is 22.5 Å². The van der Waals surface area contributed by atoms with Gasteiger partial charge in [0, 0.05) is 5.56 Å². The van der Waals surface area contributed by atoms with Crippen molar-refractivity contribution in [3.63, 3.8) is 0 Å². The highest BCUT2D eigenvalue weighted by Gasteiger charge is 2.16. The van der Waals surface area contributed by atoms with E-state index in [0.717, 1.165) is 12.1 Å². The molecule has 1 aromatic heterocycles. The number of aromatic nitrogens is 2. The van der Waals surface area contributed by atoms with Crippen LogP contribution in [0.1, 0.15) is 11.1 Å². The lowest BCUT2D eigenvalue weighted by atomic mass is 10.1. The largest absolute Gasteiger partial charge is 0.486 e. The van der Waals surface area contributed by atoms with Crippen LogP contribution < -0.4 is 10.3 Å².